The zero-order valence-corrected chi connectivity index (χ0v) is 15.1. The number of hydrogen-bond donors (Lipinski definition) is 1. The molecule has 0 fully saturated rings. The van der Waals surface area contributed by atoms with Gasteiger partial charge < -0.3 is 15.0 Å². The molecule has 1 heterocycles. The van der Waals surface area contributed by atoms with Crippen LogP contribution >= 0.6 is 22.9 Å². The van der Waals surface area contributed by atoms with Gasteiger partial charge in [-0.1, -0.05) is 17.7 Å². The number of likely N-dealkylation sites (N-methyl/N-ethyl adjacent to an activating group) is 1. The Kier molecular flexibility index (Phi) is 6.63. The van der Waals surface area contributed by atoms with Gasteiger partial charge in [-0.3, -0.25) is 9.59 Å². The number of thiophene rings is 1. The van der Waals surface area contributed by atoms with E-state index in [-0.39, 0.29) is 18.4 Å². The summed E-state index contributed by atoms with van der Waals surface area (Å²) in [5.74, 6) is -0.0652. The van der Waals surface area contributed by atoms with Gasteiger partial charge in [0.25, 0.3) is 5.91 Å². The first kappa shape index (κ1) is 18.3. The normalized spacial score (nSPS) is 10.3. The third-order valence-corrected chi connectivity index (χ3v) is 4.55. The highest BCUT2D eigenvalue weighted by molar-refractivity contribution is 7.09. The average molecular weight is 367 g/mol. The molecule has 128 valence electrons. The van der Waals surface area contributed by atoms with Crippen molar-refractivity contribution in [3.8, 4) is 5.75 Å². The minimum Gasteiger partial charge on any atom is -0.496 e. The predicted octanol–water partition coefficient (Wildman–Crippen LogP) is 3.19. The van der Waals surface area contributed by atoms with Crippen LogP contribution in [0.2, 0.25) is 5.02 Å². The lowest BCUT2D eigenvalue weighted by atomic mass is 10.1. The summed E-state index contributed by atoms with van der Waals surface area (Å²) in [7, 11) is 1.49. The van der Waals surface area contributed by atoms with Crippen LogP contribution in [-0.4, -0.2) is 36.9 Å². The third-order valence-electron chi connectivity index (χ3n) is 3.44. The number of halogens is 1. The summed E-state index contributed by atoms with van der Waals surface area (Å²) >= 11 is 7.55. The van der Waals surface area contributed by atoms with Crippen molar-refractivity contribution in [1.29, 1.82) is 0 Å². The van der Waals surface area contributed by atoms with Crippen LogP contribution in [0, 0.1) is 0 Å². The van der Waals surface area contributed by atoms with E-state index >= 15 is 0 Å². The van der Waals surface area contributed by atoms with Crippen LogP contribution in [0.1, 0.15) is 22.2 Å². The molecule has 0 atom stereocenters. The summed E-state index contributed by atoms with van der Waals surface area (Å²) in [4.78, 5) is 27.3. The molecule has 2 amide bonds. The molecule has 0 aliphatic carbocycles. The summed E-state index contributed by atoms with van der Waals surface area (Å²) in [6.45, 7) is 2.67. The average Bonchev–Trinajstić information content (AvgIpc) is 3.10. The summed E-state index contributed by atoms with van der Waals surface area (Å²) in [6.07, 6.45) is 0. The fraction of sp³-hybridized carbons (Fsp3) is 0.294. The summed E-state index contributed by atoms with van der Waals surface area (Å²) in [6, 6.07) is 8.72. The van der Waals surface area contributed by atoms with Gasteiger partial charge in [-0.15, -0.1) is 11.3 Å². The smallest absolute Gasteiger partial charge is 0.258 e. The number of methoxy groups -OCH3 is 1. The number of benzene rings is 1. The maximum absolute atomic E-state index is 12.7. The highest BCUT2D eigenvalue weighted by Gasteiger charge is 2.21. The van der Waals surface area contributed by atoms with E-state index in [1.807, 2.05) is 24.4 Å². The molecule has 2 aromatic rings. The first-order valence-electron chi connectivity index (χ1n) is 7.47. The van der Waals surface area contributed by atoms with Crippen molar-refractivity contribution < 1.29 is 14.3 Å². The van der Waals surface area contributed by atoms with E-state index in [9.17, 15) is 9.59 Å². The molecule has 0 spiro atoms. The molecule has 24 heavy (non-hydrogen) atoms. The van der Waals surface area contributed by atoms with Gasteiger partial charge in [0, 0.05) is 16.4 Å². The number of amides is 2. The minimum atomic E-state index is -0.289. The monoisotopic (exact) mass is 366 g/mol. The Morgan fingerprint density at radius 1 is 1.33 bits per heavy atom. The van der Waals surface area contributed by atoms with E-state index in [2.05, 4.69) is 5.32 Å². The lowest BCUT2D eigenvalue weighted by Crippen LogP contribution is -2.40. The predicted molar refractivity (Wildman–Crippen MR) is 95.7 cm³/mol. The summed E-state index contributed by atoms with van der Waals surface area (Å²) in [5, 5.41) is 5.21. The minimum absolute atomic E-state index is 0.0175. The van der Waals surface area contributed by atoms with E-state index in [4.69, 9.17) is 16.3 Å². The topological polar surface area (TPSA) is 58.6 Å². The number of nitrogens with one attached hydrogen (secondary N) is 1. The zero-order chi connectivity index (χ0) is 17.5. The molecule has 0 saturated heterocycles. The van der Waals surface area contributed by atoms with E-state index in [1.54, 1.807) is 29.5 Å². The molecule has 0 saturated carbocycles. The fourth-order valence-corrected chi connectivity index (χ4v) is 2.99. The largest absolute Gasteiger partial charge is 0.496 e. The number of hydrogen-bond acceptors (Lipinski definition) is 4. The van der Waals surface area contributed by atoms with Gasteiger partial charge in [0.2, 0.25) is 5.91 Å². The van der Waals surface area contributed by atoms with Crippen molar-refractivity contribution in [2.75, 3.05) is 20.2 Å². The molecule has 0 bridgehead atoms. The Balaban J connectivity index is 2.03. The van der Waals surface area contributed by atoms with Gasteiger partial charge in [-0.25, -0.2) is 0 Å². The van der Waals surface area contributed by atoms with Crippen LogP contribution < -0.4 is 10.1 Å². The Morgan fingerprint density at radius 2 is 2.12 bits per heavy atom. The second-order valence-corrected chi connectivity index (χ2v) is 6.49. The second-order valence-electron chi connectivity index (χ2n) is 5.02. The highest BCUT2D eigenvalue weighted by Crippen LogP contribution is 2.24. The van der Waals surface area contributed by atoms with Crippen LogP contribution in [0.15, 0.2) is 35.7 Å². The van der Waals surface area contributed by atoms with Gasteiger partial charge in [0.05, 0.1) is 25.8 Å². The second kappa shape index (κ2) is 8.70. The molecule has 0 aliphatic rings. The molecular weight excluding hydrogens is 348 g/mol. The molecule has 1 aromatic heterocycles. The van der Waals surface area contributed by atoms with E-state index in [1.165, 1.54) is 12.0 Å². The van der Waals surface area contributed by atoms with Crippen LogP contribution in [0.25, 0.3) is 0 Å². The number of nitrogens with zero attached hydrogens (tertiary/aromatic N) is 1. The molecular formula is C17H19ClN2O3S. The fourth-order valence-electron chi connectivity index (χ4n) is 2.17. The molecule has 0 unspecified atom stereocenters. The van der Waals surface area contributed by atoms with Crippen LogP contribution in [0.4, 0.5) is 0 Å². The number of carbonyl (C=O) groups excluding carboxylic acids is 2. The number of carbonyl (C=O) groups is 2. The third kappa shape index (κ3) is 4.72. The lowest BCUT2D eigenvalue weighted by Gasteiger charge is -2.21. The van der Waals surface area contributed by atoms with Gasteiger partial charge in [-0.2, -0.15) is 0 Å². The van der Waals surface area contributed by atoms with Crippen molar-refractivity contribution in [2.45, 2.75) is 13.5 Å². The molecule has 5 nitrogen and oxygen atoms in total. The van der Waals surface area contributed by atoms with Crippen LogP contribution in [-0.2, 0) is 11.3 Å². The van der Waals surface area contributed by atoms with Crippen LogP contribution in [0.3, 0.4) is 0 Å². The lowest BCUT2D eigenvalue weighted by molar-refractivity contribution is -0.121. The Morgan fingerprint density at radius 3 is 2.75 bits per heavy atom. The van der Waals surface area contributed by atoms with E-state index < -0.39 is 0 Å². The molecule has 2 rings (SSSR count). The van der Waals surface area contributed by atoms with Crippen molar-refractivity contribution in [2.24, 2.45) is 0 Å². The van der Waals surface area contributed by atoms with Crippen LogP contribution in [0.5, 0.6) is 5.75 Å². The Hall–Kier alpha value is -2.05. The molecule has 0 radical (unpaired) electrons. The summed E-state index contributed by atoms with van der Waals surface area (Å²) < 4.78 is 5.21. The van der Waals surface area contributed by atoms with Gasteiger partial charge in [-0.05, 0) is 36.6 Å². The van der Waals surface area contributed by atoms with Gasteiger partial charge in [0.15, 0.2) is 0 Å². The maximum Gasteiger partial charge on any atom is 0.258 e. The highest BCUT2D eigenvalue weighted by atomic mass is 35.5. The van der Waals surface area contributed by atoms with Crippen molar-refractivity contribution in [3.05, 3.63) is 51.2 Å². The first-order valence-corrected chi connectivity index (χ1v) is 8.72. The Labute approximate surface area is 150 Å². The number of rotatable bonds is 7. The number of ether oxygens (including phenoxy) is 1. The first-order chi connectivity index (χ1) is 11.5. The molecule has 7 heteroatoms. The summed E-state index contributed by atoms with van der Waals surface area (Å²) in [5.41, 5.74) is 0.345. The van der Waals surface area contributed by atoms with E-state index in [0.29, 0.717) is 29.4 Å². The molecule has 1 N–H and O–H groups in total. The zero-order valence-electron chi connectivity index (χ0n) is 13.5. The van der Waals surface area contributed by atoms with Crippen molar-refractivity contribution >= 4 is 34.8 Å². The van der Waals surface area contributed by atoms with Gasteiger partial charge in [0.1, 0.15) is 5.75 Å². The standard InChI is InChI=1S/C17H19ClN2O3S/c1-3-20(11-16(21)19-10-13-5-4-8-24-13)17(22)14-9-12(18)6-7-15(14)23-2/h4-9H,3,10-11H2,1-2H3,(H,19,21). The Bertz CT molecular complexity index is 704. The van der Waals surface area contributed by atoms with Gasteiger partial charge >= 0.3 is 0 Å². The maximum atomic E-state index is 12.7. The quantitative estimate of drug-likeness (QED) is 0.818. The van der Waals surface area contributed by atoms with Crippen molar-refractivity contribution in [3.63, 3.8) is 0 Å². The van der Waals surface area contributed by atoms with E-state index in [0.717, 1.165) is 4.88 Å². The molecule has 0 aliphatic heterocycles. The molecule has 1 aromatic carbocycles. The SMILES string of the molecule is CCN(CC(=O)NCc1cccs1)C(=O)c1cc(Cl)ccc1OC. The van der Waals surface area contributed by atoms with Crippen molar-refractivity contribution in [1.82, 2.24) is 10.2 Å².